The van der Waals surface area contributed by atoms with Crippen molar-refractivity contribution in [2.24, 2.45) is 5.92 Å². The molecule has 60 valence electrons. The quantitative estimate of drug-likeness (QED) is 0.544. The van der Waals surface area contributed by atoms with E-state index in [1.807, 2.05) is 0 Å². The van der Waals surface area contributed by atoms with Crippen LogP contribution in [0.2, 0.25) is 0 Å². The largest absolute Gasteiger partial charge is 0.230 e. The van der Waals surface area contributed by atoms with Gasteiger partial charge in [0.2, 0.25) is 20.8 Å². The Bertz CT molecular complexity index is 224. The summed E-state index contributed by atoms with van der Waals surface area (Å²) in [5.41, 5.74) is -3.99. The van der Waals surface area contributed by atoms with Crippen molar-refractivity contribution in [2.45, 2.75) is 24.4 Å². The van der Waals surface area contributed by atoms with E-state index in [1.165, 1.54) is 6.92 Å². The summed E-state index contributed by atoms with van der Waals surface area (Å²) in [5, 5.41) is 0. The first-order valence-electron chi connectivity index (χ1n) is 2.97. The summed E-state index contributed by atoms with van der Waals surface area (Å²) in [6.07, 6.45) is -0.205. The van der Waals surface area contributed by atoms with E-state index in [-0.39, 0.29) is 6.42 Å². The topological polar surface area (TPSA) is 34.1 Å². The third-order valence-corrected chi connectivity index (χ3v) is 3.67. The zero-order valence-corrected chi connectivity index (χ0v) is 6.24. The fraction of sp³-hybridized carbons (Fsp3) is 1.00. The Morgan fingerprint density at radius 3 is 2.00 bits per heavy atom. The molecule has 3 atom stereocenters. The van der Waals surface area contributed by atoms with Crippen molar-refractivity contribution in [3.63, 3.8) is 0 Å². The van der Waals surface area contributed by atoms with Gasteiger partial charge in [0.15, 0.2) is 0 Å². The Hall–Kier alpha value is -0.190. The van der Waals surface area contributed by atoms with Gasteiger partial charge < -0.3 is 0 Å². The zero-order chi connectivity index (χ0) is 7.94. The van der Waals surface area contributed by atoms with Crippen LogP contribution in [-0.2, 0) is 9.84 Å². The monoisotopic (exact) mass is 170 g/mol. The molecule has 1 saturated heterocycles. The maximum Gasteiger partial charge on any atom is 0.214 e. The predicted octanol–water partition coefficient (Wildman–Crippen LogP) is 1.03. The Kier molecular flexibility index (Phi) is 1.70. The minimum absolute atomic E-state index is 0.205. The molecule has 0 aromatic rings. The fourth-order valence-electron chi connectivity index (χ4n) is 0.998. The molecule has 0 aliphatic carbocycles. The van der Waals surface area contributed by atoms with Crippen molar-refractivity contribution >= 4 is 9.84 Å². The van der Waals surface area contributed by atoms with Crippen LogP contribution in [0.5, 0.6) is 0 Å². The van der Waals surface area contributed by atoms with E-state index < -0.39 is 26.8 Å². The van der Waals surface area contributed by atoms with E-state index in [2.05, 4.69) is 0 Å². The van der Waals surface area contributed by atoms with Crippen LogP contribution in [0.25, 0.3) is 0 Å². The Balaban J connectivity index is 2.97. The second-order valence-corrected chi connectivity index (χ2v) is 4.70. The molecule has 0 bridgehead atoms. The first-order valence-corrected chi connectivity index (χ1v) is 4.58. The Labute approximate surface area is 58.1 Å². The maximum atomic E-state index is 12.5. The molecule has 1 fully saturated rings. The van der Waals surface area contributed by atoms with Gasteiger partial charge in [0.25, 0.3) is 0 Å². The summed E-state index contributed by atoms with van der Waals surface area (Å²) >= 11 is 0. The van der Waals surface area contributed by atoms with Gasteiger partial charge in [-0.3, -0.25) is 0 Å². The molecule has 10 heavy (non-hydrogen) atoms. The van der Waals surface area contributed by atoms with Gasteiger partial charge >= 0.3 is 0 Å². The number of sulfone groups is 1. The van der Waals surface area contributed by atoms with Crippen molar-refractivity contribution in [2.75, 3.05) is 0 Å². The molecule has 0 aromatic carbocycles. The van der Waals surface area contributed by atoms with E-state index in [0.717, 1.165) is 0 Å². The van der Waals surface area contributed by atoms with E-state index in [1.54, 1.807) is 0 Å². The second kappa shape index (κ2) is 2.15. The lowest BCUT2D eigenvalue weighted by molar-refractivity contribution is 0.320. The van der Waals surface area contributed by atoms with Crippen LogP contribution in [-0.4, -0.2) is 19.4 Å². The number of hydrogen-bond donors (Lipinski definition) is 0. The number of alkyl halides is 2. The van der Waals surface area contributed by atoms with Crippen LogP contribution in [0.3, 0.4) is 0 Å². The number of hydrogen-bond acceptors (Lipinski definition) is 2. The van der Waals surface area contributed by atoms with E-state index in [0.29, 0.717) is 0 Å². The summed E-state index contributed by atoms with van der Waals surface area (Å²) < 4.78 is 46.0. The molecule has 0 saturated carbocycles. The lowest BCUT2D eigenvalue weighted by atomic mass is 10.1. The van der Waals surface area contributed by atoms with Crippen LogP contribution in [0.1, 0.15) is 13.3 Å². The smallest absolute Gasteiger partial charge is 0.214 e. The number of halogens is 2. The first kappa shape index (κ1) is 7.91. The highest BCUT2D eigenvalue weighted by Gasteiger charge is 2.46. The molecule has 0 radical (unpaired) electrons. The third-order valence-electron chi connectivity index (χ3n) is 1.67. The van der Waals surface area contributed by atoms with E-state index >= 15 is 0 Å². The standard InChI is InChI=1S/C5H8F2O2S/c1-3-2-4(6)10(8,9)5(3)7/h3-5H,2H2,1H3. The van der Waals surface area contributed by atoms with Crippen LogP contribution in [0.15, 0.2) is 0 Å². The molecule has 3 unspecified atom stereocenters. The molecule has 0 amide bonds. The highest BCUT2D eigenvalue weighted by molar-refractivity contribution is 7.92. The molecule has 0 aromatic heterocycles. The van der Waals surface area contributed by atoms with Crippen molar-refractivity contribution in [3.05, 3.63) is 0 Å². The fourth-order valence-corrected chi connectivity index (χ4v) is 2.61. The van der Waals surface area contributed by atoms with Gasteiger partial charge in [-0.05, 0) is 6.42 Å². The second-order valence-electron chi connectivity index (χ2n) is 2.56. The van der Waals surface area contributed by atoms with Gasteiger partial charge in [-0.1, -0.05) is 6.92 Å². The summed E-state index contributed by atoms with van der Waals surface area (Å²) in [6, 6.07) is 0. The SMILES string of the molecule is CC1CC(F)S(=O)(=O)C1F. The molecule has 1 heterocycles. The molecule has 0 spiro atoms. The van der Waals surface area contributed by atoms with Gasteiger partial charge in [0.1, 0.15) is 0 Å². The lowest BCUT2D eigenvalue weighted by Crippen LogP contribution is -2.17. The lowest BCUT2D eigenvalue weighted by Gasteiger charge is -2.00. The molecule has 1 aliphatic rings. The van der Waals surface area contributed by atoms with Crippen molar-refractivity contribution < 1.29 is 17.2 Å². The van der Waals surface area contributed by atoms with Crippen LogP contribution in [0.4, 0.5) is 8.78 Å². The molecule has 0 N–H and O–H groups in total. The zero-order valence-electron chi connectivity index (χ0n) is 5.42. The summed E-state index contributed by atoms with van der Waals surface area (Å²) in [7, 11) is -4.09. The molecular formula is C5H8F2O2S. The van der Waals surface area contributed by atoms with Gasteiger partial charge in [-0.25, -0.2) is 17.2 Å². The van der Waals surface area contributed by atoms with Gasteiger partial charge in [-0.2, -0.15) is 0 Å². The van der Waals surface area contributed by atoms with Gasteiger partial charge in [0, 0.05) is 5.92 Å². The highest BCUT2D eigenvalue weighted by atomic mass is 32.2. The first-order chi connectivity index (χ1) is 4.46. The van der Waals surface area contributed by atoms with Crippen molar-refractivity contribution in [3.8, 4) is 0 Å². The highest BCUT2D eigenvalue weighted by Crippen LogP contribution is 2.33. The molecule has 1 aliphatic heterocycles. The molecular weight excluding hydrogens is 162 g/mol. The average Bonchev–Trinajstić information content (AvgIpc) is 1.97. The predicted molar refractivity (Wildman–Crippen MR) is 32.5 cm³/mol. The van der Waals surface area contributed by atoms with Gasteiger partial charge in [0.05, 0.1) is 0 Å². The maximum absolute atomic E-state index is 12.5. The van der Waals surface area contributed by atoms with Crippen LogP contribution in [0, 0.1) is 5.92 Å². The van der Waals surface area contributed by atoms with E-state index in [4.69, 9.17) is 0 Å². The summed E-state index contributed by atoms with van der Waals surface area (Å²) in [6.45, 7) is 1.39. The normalized spacial score (nSPS) is 45.7. The third kappa shape index (κ3) is 0.923. The van der Waals surface area contributed by atoms with E-state index in [9.17, 15) is 17.2 Å². The summed E-state index contributed by atoms with van der Waals surface area (Å²) in [4.78, 5) is 0. The van der Waals surface area contributed by atoms with Crippen molar-refractivity contribution in [1.29, 1.82) is 0 Å². The average molecular weight is 170 g/mol. The van der Waals surface area contributed by atoms with Crippen molar-refractivity contribution in [1.82, 2.24) is 0 Å². The minimum atomic E-state index is -4.09. The molecule has 2 nitrogen and oxygen atoms in total. The molecule has 5 heteroatoms. The minimum Gasteiger partial charge on any atom is -0.230 e. The summed E-state index contributed by atoms with van der Waals surface area (Å²) in [5.74, 6) is -0.694. The van der Waals surface area contributed by atoms with Gasteiger partial charge in [-0.15, -0.1) is 0 Å². The number of rotatable bonds is 0. The Morgan fingerprint density at radius 2 is 1.90 bits per heavy atom. The van der Waals surface area contributed by atoms with Crippen LogP contribution >= 0.6 is 0 Å². The Morgan fingerprint density at radius 1 is 1.40 bits per heavy atom. The molecule has 1 rings (SSSR count). The van der Waals surface area contributed by atoms with Crippen LogP contribution < -0.4 is 0 Å².